The standard InChI is InChI=1S/C14H9F3N2O/c15-14(16,17)20-12-4-1-9(2-5-12)10-3-6-13-11(7-10)8-18-19-13/h1-8H,(H,18,19). The van der Waals surface area contributed by atoms with Gasteiger partial charge < -0.3 is 4.74 Å². The Morgan fingerprint density at radius 2 is 1.65 bits per heavy atom. The molecule has 0 unspecified atom stereocenters. The number of halogens is 3. The maximum atomic E-state index is 12.1. The summed E-state index contributed by atoms with van der Waals surface area (Å²) in [5, 5.41) is 7.70. The van der Waals surface area contributed by atoms with Gasteiger partial charge in [0.15, 0.2) is 0 Å². The van der Waals surface area contributed by atoms with Gasteiger partial charge in [0.25, 0.3) is 0 Å². The largest absolute Gasteiger partial charge is 0.573 e. The first kappa shape index (κ1) is 12.5. The van der Waals surface area contributed by atoms with E-state index >= 15 is 0 Å². The summed E-state index contributed by atoms with van der Waals surface area (Å²) in [4.78, 5) is 0. The smallest absolute Gasteiger partial charge is 0.406 e. The minimum atomic E-state index is -4.67. The van der Waals surface area contributed by atoms with Crippen molar-refractivity contribution in [2.75, 3.05) is 0 Å². The summed E-state index contributed by atoms with van der Waals surface area (Å²) < 4.78 is 40.0. The van der Waals surface area contributed by atoms with E-state index in [1.54, 1.807) is 18.3 Å². The second kappa shape index (κ2) is 4.56. The lowest BCUT2D eigenvalue weighted by molar-refractivity contribution is -0.274. The van der Waals surface area contributed by atoms with Crippen molar-refractivity contribution in [3.63, 3.8) is 0 Å². The summed E-state index contributed by atoms with van der Waals surface area (Å²) in [6.45, 7) is 0. The highest BCUT2D eigenvalue weighted by atomic mass is 19.4. The first-order chi connectivity index (χ1) is 9.51. The van der Waals surface area contributed by atoms with E-state index in [9.17, 15) is 13.2 Å². The highest BCUT2D eigenvalue weighted by Gasteiger charge is 2.30. The number of hydrogen-bond acceptors (Lipinski definition) is 2. The fraction of sp³-hybridized carbons (Fsp3) is 0.0714. The molecule has 0 saturated heterocycles. The highest BCUT2D eigenvalue weighted by Crippen LogP contribution is 2.27. The molecular weight excluding hydrogens is 269 g/mol. The lowest BCUT2D eigenvalue weighted by Gasteiger charge is -2.09. The summed E-state index contributed by atoms with van der Waals surface area (Å²) in [7, 11) is 0. The molecule has 102 valence electrons. The quantitative estimate of drug-likeness (QED) is 0.765. The third kappa shape index (κ3) is 2.59. The summed E-state index contributed by atoms with van der Waals surface area (Å²) >= 11 is 0. The van der Waals surface area contributed by atoms with Gasteiger partial charge in [-0.2, -0.15) is 5.10 Å². The van der Waals surface area contributed by atoms with Gasteiger partial charge in [0, 0.05) is 5.39 Å². The number of hydrogen-bond donors (Lipinski definition) is 1. The molecule has 0 bridgehead atoms. The van der Waals surface area contributed by atoms with Crippen LogP contribution < -0.4 is 4.74 Å². The molecule has 3 aromatic rings. The van der Waals surface area contributed by atoms with Crippen LogP contribution in [-0.4, -0.2) is 16.6 Å². The van der Waals surface area contributed by atoms with Gasteiger partial charge in [0.05, 0.1) is 11.7 Å². The molecule has 0 amide bonds. The Balaban J connectivity index is 1.90. The van der Waals surface area contributed by atoms with E-state index in [2.05, 4.69) is 14.9 Å². The Morgan fingerprint density at radius 3 is 2.35 bits per heavy atom. The molecule has 0 fully saturated rings. The van der Waals surface area contributed by atoms with Crippen molar-refractivity contribution in [2.24, 2.45) is 0 Å². The number of nitrogens with one attached hydrogen (secondary N) is 1. The van der Waals surface area contributed by atoms with E-state index in [-0.39, 0.29) is 5.75 Å². The number of fused-ring (bicyclic) bond motifs is 1. The van der Waals surface area contributed by atoms with Crippen LogP contribution in [0.25, 0.3) is 22.0 Å². The fourth-order valence-electron chi connectivity index (χ4n) is 1.97. The molecule has 3 nitrogen and oxygen atoms in total. The van der Waals surface area contributed by atoms with Crippen LogP contribution >= 0.6 is 0 Å². The molecule has 2 aromatic carbocycles. The zero-order valence-electron chi connectivity index (χ0n) is 10.1. The summed E-state index contributed by atoms with van der Waals surface area (Å²) in [5.41, 5.74) is 2.62. The average Bonchev–Trinajstić information content (AvgIpc) is 2.85. The van der Waals surface area contributed by atoms with E-state index in [0.717, 1.165) is 22.0 Å². The third-order valence-corrected chi connectivity index (χ3v) is 2.86. The number of aromatic nitrogens is 2. The summed E-state index contributed by atoms with van der Waals surface area (Å²) in [6.07, 6.45) is -2.98. The fourth-order valence-corrected chi connectivity index (χ4v) is 1.97. The molecule has 0 aliphatic carbocycles. The molecule has 1 heterocycles. The van der Waals surface area contributed by atoms with Crippen molar-refractivity contribution in [2.45, 2.75) is 6.36 Å². The van der Waals surface area contributed by atoms with E-state index in [1.165, 1.54) is 12.1 Å². The molecule has 1 aromatic heterocycles. The Morgan fingerprint density at radius 1 is 0.950 bits per heavy atom. The second-order valence-corrected chi connectivity index (χ2v) is 4.24. The molecule has 0 aliphatic heterocycles. The van der Waals surface area contributed by atoms with Crippen LogP contribution in [0.5, 0.6) is 5.75 Å². The summed E-state index contributed by atoms with van der Waals surface area (Å²) in [5.74, 6) is -0.231. The minimum absolute atomic E-state index is 0.231. The van der Waals surface area contributed by atoms with Crippen LogP contribution in [0.3, 0.4) is 0 Å². The van der Waals surface area contributed by atoms with E-state index < -0.39 is 6.36 Å². The Bertz CT molecular complexity index is 732. The summed E-state index contributed by atoms with van der Waals surface area (Å²) in [6, 6.07) is 11.4. The normalized spacial score (nSPS) is 11.8. The first-order valence-electron chi connectivity index (χ1n) is 5.81. The van der Waals surface area contributed by atoms with E-state index in [0.29, 0.717) is 0 Å². The molecule has 3 rings (SSSR count). The lowest BCUT2D eigenvalue weighted by atomic mass is 10.0. The zero-order chi connectivity index (χ0) is 14.2. The predicted octanol–water partition coefficient (Wildman–Crippen LogP) is 4.13. The van der Waals surface area contributed by atoms with E-state index in [4.69, 9.17) is 0 Å². The molecule has 0 atom stereocenters. The minimum Gasteiger partial charge on any atom is -0.406 e. The van der Waals surface area contributed by atoms with Crippen molar-refractivity contribution in [3.8, 4) is 16.9 Å². The van der Waals surface area contributed by atoms with Gasteiger partial charge in [-0.3, -0.25) is 5.10 Å². The zero-order valence-corrected chi connectivity index (χ0v) is 10.1. The number of benzene rings is 2. The molecule has 1 N–H and O–H groups in total. The van der Waals surface area contributed by atoms with Gasteiger partial charge in [-0.15, -0.1) is 13.2 Å². The number of rotatable bonds is 2. The van der Waals surface area contributed by atoms with Crippen LogP contribution in [0.4, 0.5) is 13.2 Å². The molecule has 0 spiro atoms. The Labute approximate surface area is 112 Å². The molecule has 6 heteroatoms. The van der Waals surface area contributed by atoms with Crippen LogP contribution in [-0.2, 0) is 0 Å². The Kier molecular flexibility index (Phi) is 2.85. The lowest BCUT2D eigenvalue weighted by Crippen LogP contribution is -2.16. The molecule has 0 saturated carbocycles. The van der Waals surface area contributed by atoms with Crippen molar-refractivity contribution in [1.29, 1.82) is 0 Å². The van der Waals surface area contributed by atoms with Crippen molar-refractivity contribution < 1.29 is 17.9 Å². The SMILES string of the molecule is FC(F)(F)Oc1ccc(-c2ccc3[nH]ncc3c2)cc1. The van der Waals surface area contributed by atoms with Gasteiger partial charge in [0.1, 0.15) is 5.75 Å². The van der Waals surface area contributed by atoms with Crippen molar-refractivity contribution in [3.05, 3.63) is 48.7 Å². The van der Waals surface area contributed by atoms with Crippen molar-refractivity contribution >= 4 is 10.9 Å². The van der Waals surface area contributed by atoms with Gasteiger partial charge >= 0.3 is 6.36 Å². The van der Waals surface area contributed by atoms with E-state index in [1.807, 2.05) is 18.2 Å². The van der Waals surface area contributed by atoms with Crippen LogP contribution in [0.1, 0.15) is 0 Å². The number of nitrogens with zero attached hydrogens (tertiary/aromatic N) is 1. The van der Waals surface area contributed by atoms with Gasteiger partial charge in [-0.05, 0) is 35.4 Å². The molecular formula is C14H9F3N2O. The number of aromatic amines is 1. The topological polar surface area (TPSA) is 37.9 Å². The predicted molar refractivity (Wildman–Crippen MR) is 68.2 cm³/mol. The maximum Gasteiger partial charge on any atom is 0.573 e. The van der Waals surface area contributed by atoms with Gasteiger partial charge in [0.2, 0.25) is 0 Å². The maximum absolute atomic E-state index is 12.1. The number of ether oxygens (including phenoxy) is 1. The average molecular weight is 278 g/mol. The van der Waals surface area contributed by atoms with Crippen LogP contribution in [0.2, 0.25) is 0 Å². The van der Waals surface area contributed by atoms with Crippen LogP contribution in [0.15, 0.2) is 48.7 Å². The second-order valence-electron chi connectivity index (χ2n) is 4.24. The number of H-pyrrole nitrogens is 1. The van der Waals surface area contributed by atoms with Crippen LogP contribution in [0, 0.1) is 0 Å². The molecule has 0 aliphatic rings. The monoisotopic (exact) mass is 278 g/mol. The highest BCUT2D eigenvalue weighted by molar-refractivity contribution is 5.84. The third-order valence-electron chi connectivity index (χ3n) is 2.86. The number of alkyl halides is 3. The van der Waals surface area contributed by atoms with Crippen molar-refractivity contribution in [1.82, 2.24) is 10.2 Å². The first-order valence-corrected chi connectivity index (χ1v) is 5.81. The molecule has 0 radical (unpaired) electrons. The molecule has 20 heavy (non-hydrogen) atoms. The van der Waals surface area contributed by atoms with Gasteiger partial charge in [-0.25, -0.2) is 0 Å². The van der Waals surface area contributed by atoms with Gasteiger partial charge in [-0.1, -0.05) is 18.2 Å². The Hall–Kier alpha value is -2.50.